The second-order valence-corrected chi connectivity index (χ2v) is 3.64. The molecule has 0 saturated heterocycles. The van der Waals surface area contributed by atoms with Crippen LogP contribution in [0.3, 0.4) is 0 Å². The van der Waals surface area contributed by atoms with E-state index in [0.717, 1.165) is 5.56 Å². The van der Waals surface area contributed by atoms with Gasteiger partial charge in [0, 0.05) is 18.7 Å². The third-order valence-electron chi connectivity index (χ3n) is 2.24. The molecule has 1 rings (SSSR count). The molecule has 4 nitrogen and oxygen atoms in total. The number of carbonyl (C=O) groups is 1. The molecule has 0 heterocycles. The highest BCUT2D eigenvalue weighted by Crippen LogP contribution is 2.03. The summed E-state index contributed by atoms with van der Waals surface area (Å²) in [6.45, 7) is 2.60. The molecule has 0 saturated carbocycles. The molecule has 4 heteroatoms. The van der Waals surface area contributed by atoms with Gasteiger partial charge in [0.1, 0.15) is 0 Å². The number of hydrogen-bond acceptors (Lipinski definition) is 3. The molecule has 1 atom stereocenters. The normalized spacial score (nSPS) is 11.6. The van der Waals surface area contributed by atoms with Crippen molar-refractivity contribution in [2.24, 2.45) is 11.7 Å². The fraction of sp³-hybridized carbons (Fsp3) is 0.333. The predicted molar refractivity (Wildman–Crippen MR) is 61.4 cm³/mol. The van der Waals surface area contributed by atoms with Crippen LogP contribution in [0.15, 0.2) is 24.3 Å². The number of nitriles is 1. The number of nitrogens with zero attached hydrogens (tertiary/aromatic N) is 1. The van der Waals surface area contributed by atoms with E-state index < -0.39 is 0 Å². The summed E-state index contributed by atoms with van der Waals surface area (Å²) in [5, 5.41) is 11.3. The Bertz CT molecular complexity index is 392. The molecule has 3 N–H and O–H groups in total. The molecule has 1 unspecified atom stereocenters. The van der Waals surface area contributed by atoms with Crippen LogP contribution in [-0.4, -0.2) is 12.5 Å². The molecule has 0 aliphatic rings. The van der Waals surface area contributed by atoms with Crippen LogP contribution >= 0.6 is 0 Å². The lowest BCUT2D eigenvalue weighted by Crippen LogP contribution is -2.27. The molecule has 0 aliphatic carbocycles. The highest BCUT2D eigenvalue weighted by molar-refractivity contribution is 5.94. The van der Waals surface area contributed by atoms with Crippen molar-refractivity contribution in [3.05, 3.63) is 35.4 Å². The van der Waals surface area contributed by atoms with Crippen molar-refractivity contribution in [2.45, 2.75) is 13.5 Å². The van der Waals surface area contributed by atoms with Gasteiger partial charge in [-0.05, 0) is 24.6 Å². The van der Waals surface area contributed by atoms with Gasteiger partial charge in [-0.25, -0.2) is 0 Å². The number of amides is 1. The van der Waals surface area contributed by atoms with Gasteiger partial charge in [-0.15, -0.1) is 0 Å². The molecule has 84 valence electrons. The standard InChI is InChI=1S/C12H15N3O/c1-9(6-13)8-15-12(16)11-4-2-10(7-14)3-5-11/h2-5,9H,7-8,14H2,1H3,(H,15,16). The summed E-state index contributed by atoms with van der Waals surface area (Å²) in [5.74, 6) is -0.335. The Hall–Kier alpha value is -1.86. The van der Waals surface area contributed by atoms with Crippen LogP contribution in [0.5, 0.6) is 0 Å². The molecule has 0 bridgehead atoms. The van der Waals surface area contributed by atoms with Gasteiger partial charge in [-0.2, -0.15) is 5.26 Å². The van der Waals surface area contributed by atoms with Gasteiger partial charge >= 0.3 is 0 Å². The number of rotatable bonds is 4. The van der Waals surface area contributed by atoms with E-state index in [9.17, 15) is 4.79 Å². The van der Waals surface area contributed by atoms with Crippen LogP contribution < -0.4 is 11.1 Å². The van der Waals surface area contributed by atoms with Gasteiger partial charge in [0.2, 0.25) is 0 Å². The number of carbonyl (C=O) groups excluding carboxylic acids is 1. The lowest BCUT2D eigenvalue weighted by Gasteiger charge is -2.06. The minimum atomic E-state index is -0.174. The van der Waals surface area contributed by atoms with E-state index in [-0.39, 0.29) is 11.8 Å². The Morgan fingerprint density at radius 2 is 2.12 bits per heavy atom. The number of nitrogens with one attached hydrogen (secondary N) is 1. The highest BCUT2D eigenvalue weighted by atomic mass is 16.1. The Kier molecular flexibility index (Phi) is 4.49. The maximum Gasteiger partial charge on any atom is 0.251 e. The van der Waals surface area contributed by atoms with Gasteiger partial charge in [0.15, 0.2) is 0 Å². The van der Waals surface area contributed by atoms with E-state index >= 15 is 0 Å². The quantitative estimate of drug-likeness (QED) is 0.790. The van der Waals surface area contributed by atoms with Crippen molar-refractivity contribution in [1.82, 2.24) is 5.32 Å². The maximum atomic E-state index is 11.6. The van der Waals surface area contributed by atoms with Crippen LogP contribution in [0.25, 0.3) is 0 Å². The third-order valence-corrected chi connectivity index (χ3v) is 2.24. The van der Waals surface area contributed by atoms with Crippen molar-refractivity contribution < 1.29 is 4.79 Å². The second kappa shape index (κ2) is 5.89. The number of hydrogen-bond donors (Lipinski definition) is 2. The summed E-state index contributed by atoms with van der Waals surface area (Å²) in [5.41, 5.74) is 7.03. The minimum absolute atomic E-state index is 0.161. The van der Waals surface area contributed by atoms with E-state index in [4.69, 9.17) is 11.0 Å². The zero-order valence-electron chi connectivity index (χ0n) is 9.23. The van der Waals surface area contributed by atoms with Gasteiger partial charge < -0.3 is 11.1 Å². The van der Waals surface area contributed by atoms with E-state index in [1.54, 1.807) is 19.1 Å². The molecule has 0 aliphatic heterocycles. The average molecular weight is 217 g/mol. The van der Waals surface area contributed by atoms with Crippen LogP contribution in [0.4, 0.5) is 0 Å². The zero-order valence-corrected chi connectivity index (χ0v) is 9.23. The first-order chi connectivity index (χ1) is 7.67. The first kappa shape index (κ1) is 12.2. The van der Waals surface area contributed by atoms with Crippen LogP contribution in [-0.2, 0) is 6.54 Å². The van der Waals surface area contributed by atoms with Crippen molar-refractivity contribution in [1.29, 1.82) is 5.26 Å². The topological polar surface area (TPSA) is 78.9 Å². The predicted octanol–water partition coefficient (Wildman–Crippen LogP) is 1.03. The lowest BCUT2D eigenvalue weighted by atomic mass is 10.1. The Morgan fingerprint density at radius 1 is 1.50 bits per heavy atom. The zero-order chi connectivity index (χ0) is 12.0. The monoisotopic (exact) mass is 217 g/mol. The SMILES string of the molecule is CC(C#N)CNC(=O)c1ccc(CN)cc1. The van der Waals surface area contributed by atoms with E-state index in [2.05, 4.69) is 11.4 Å². The molecule has 1 aromatic rings. The van der Waals surface area contributed by atoms with Gasteiger partial charge in [-0.1, -0.05) is 12.1 Å². The van der Waals surface area contributed by atoms with Crippen molar-refractivity contribution >= 4 is 5.91 Å². The van der Waals surface area contributed by atoms with Crippen molar-refractivity contribution in [3.63, 3.8) is 0 Å². The summed E-state index contributed by atoms with van der Waals surface area (Å²) in [7, 11) is 0. The highest BCUT2D eigenvalue weighted by Gasteiger charge is 2.06. The molecular formula is C12H15N3O. The molecule has 1 aromatic carbocycles. The van der Waals surface area contributed by atoms with E-state index in [1.807, 2.05) is 12.1 Å². The Balaban J connectivity index is 2.56. The molecule has 0 spiro atoms. The Labute approximate surface area is 95.1 Å². The van der Waals surface area contributed by atoms with Crippen molar-refractivity contribution in [3.8, 4) is 6.07 Å². The Morgan fingerprint density at radius 3 is 2.62 bits per heavy atom. The first-order valence-corrected chi connectivity index (χ1v) is 5.14. The molecule has 16 heavy (non-hydrogen) atoms. The largest absolute Gasteiger partial charge is 0.351 e. The van der Waals surface area contributed by atoms with Gasteiger partial charge in [0.25, 0.3) is 5.91 Å². The van der Waals surface area contributed by atoms with Gasteiger partial charge in [0.05, 0.1) is 12.0 Å². The van der Waals surface area contributed by atoms with Crippen LogP contribution in [0, 0.1) is 17.2 Å². The summed E-state index contributed by atoms with van der Waals surface area (Å²) in [6, 6.07) is 9.16. The summed E-state index contributed by atoms with van der Waals surface area (Å²) in [4.78, 5) is 11.6. The summed E-state index contributed by atoms with van der Waals surface area (Å²) in [6.07, 6.45) is 0. The fourth-order valence-corrected chi connectivity index (χ4v) is 1.19. The maximum absolute atomic E-state index is 11.6. The molecule has 0 fully saturated rings. The number of benzene rings is 1. The van der Waals surface area contributed by atoms with Crippen LogP contribution in [0.2, 0.25) is 0 Å². The molecule has 0 aromatic heterocycles. The minimum Gasteiger partial charge on any atom is -0.351 e. The molecular weight excluding hydrogens is 202 g/mol. The van der Waals surface area contributed by atoms with E-state index in [0.29, 0.717) is 18.7 Å². The number of nitrogens with two attached hydrogens (primary N) is 1. The molecule has 0 radical (unpaired) electrons. The summed E-state index contributed by atoms with van der Waals surface area (Å²) < 4.78 is 0. The van der Waals surface area contributed by atoms with E-state index in [1.165, 1.54) is 0 Å². The lowest BCUT2D eigenvalue weighted by molar-refractivity contribution is 0.0951. The summed E-state index contributed by atoms with van der Waals surface area (Å²) >= 11 is 0. The smallest absolute Gasteiger partial charge is 0.251 e. The second-order valence-electron chi connectivity index (χ2n) is 3.64. The van der Waals surface area contributed by atoms with Gasteiger partial charge in [-0.3, -0.25) is 4.79 Å². The van der Waals surface area contributed by atoms with Crippen molar-refractivity contribution in [2.75, 3.05) is 6.54 Å². The van der Waals surface area contributed by atoms with Crippen LogP contribution in [0.1, 0.15) is 22.8 Å². The molecule has 1 amide bonds. The third kappa shape index (κ3) is 3.37. The first-order valence-electron chi connectivity index (χ1n) is 5.14. The average Bonchev–Trinajstić information content (AvgIpc) is 2.35. The fourth-order valence-electron chi connectivity index (χ4n) is 1.19.